The summed E-state index contributed by atoms with van der Waals surface area (Å²) in [5, 5.41) is 14.5. The van der Waals surface area contributed by atoms with Gasteiger partial charge < -0.3 is 15.3 Å². The van der Waals surface area contributed by atoms with Crippen LogP contribution in [0.1, 0.15) is 23.2 Å². The van der Waals surface area contributed by atoms with Gasteiger partial charge in [-0.15, -0.1) is 0 Å². The van der Waals surface area contributed by atoms with Gasteiger partial charge in [-0.3, -0.25) is 0 Å². The summed E-state index contributed by atoms with van der Waals surface area (Å²) < 4.78 is 0. The van der Waals surface area contributed by atoms with E-state index in [2.05, 4.69) is 20.2 Å². The zero-order chi connectivity index (χ0) is 15.7. The highest BCUT2D eigenvalue weighted by Gasteiger charge is 2.39. The van der Waals surface area contributed by atoms with Crippen LogP contribution in [0.25, 0.3) is 0 Å². The molecule has 4 rings (SSSR count). The van der Waals surface area contributed by atoms with Crippen LogP contribution in [0.4, 0.5) is 5.82 Å². The predicted octanol–water partition coefficient (Wildman–Crippen LogP) is 1.26. The minimum absolute atomic E-state index is 0.591. The van der Waals surface area contributed by atoms with E-state index >= 15 is 0 Å². The Morgan fingerprint density at radius 3 is 2.78 bits per heavy atom. The van der Waals surface area contributed by atoms with Crippen molar-refractivity contribution in [3.63, 3.8) is 0 Å². The third-order valence-electron chi connectivity index (χ3n) is 4.96. The number of hydrogen-bond donors (Lipinski definition) is 2. The fourth-order valence-electron chi connectivity index (χ4n) is 3.69. The van der Waals surface area contributed by atoms with Crippen LogP contribution in [0.15, 0.2) is 36.7 Å². The highest BCUT2D eigenvalue weighted by atomic mass is 16.3. The Morgan fingerprint density at radius 2 is 1.91 bits per heavy atom. The molecule has 2 aliphatic heterocycles. The van der Waals surface area contributed by atoms with E-state index in [1.54, 1.807) is 6.33 Å². The molecule has 120 valence electrons. The normalized spacial score (nSPS) is 24.3. The zero-order valence-corrected chi connectivity index (χ0v) is 13.2. The van der Waals surface area contributed by atoms with E-state index < -0.39 is 5.60 Å². The van der Waals surface area contributed by atoms with Gasteiger partial charge in [0, 0.05) is 25.1 Å². The number of benzene rings is 1. The van der Waals surface area contributed by atoms with Crippen LogP contribution in [-0.4, -0.2) is 41.3 Å². The second kappa shape index (κ2) is 5.91. The number of fused-ring (bicyclic) bond motifs is 1. The van der Waals surface area contributed by atoms with E-state index in [-0.39, 0.29) is 0 Å². The molecule has 0 spiro atoms. The first kappa shape index (κ1) is 14.6. The van der Waals surface area contributed by atoms with E-state index in [1.165, 1.54) is 5.56 Å². The molecule has 0 bridgehead atoms. The molecular weight excluding hydrogens is 288 g/mol. The number of aromatic nitrogens is 2. The predicted molar refractivity (Wildman–Crippen MR) is 89.5 cm³/mol. The average molecular weight is 310 g/mol. The molecule has 23 heavy (non-hydrogen) atoms. The van der Waals surface area contributed by atoms with E-state index in [0.717, 1.165) is 56.0 Å². The number of nitrogens with one attached hydrogen (secondary N) is 1. The Balaban J connectivity index is 1.63. The van der Waals surface area contributed by atoms with Crippen LogP contribution in [-0.2, 0) is 18.4 Å². The molecule has 0 amide bonds. The van der Waals surface area contributed by atoms with E-state index in [4.69, 9.17) is 0 Å². The Morgan fingerprint density at radius 1 is 1.09 bits per heavy atom. The maximum atomic E-state index is 11.1. The van der Waals surface area contributed by atoms with Crippen molar-refractivity contribution in [1.29, 1.82) is 0 Å². The fourth-order valence-corrected chi connectivity index (χ4v) is 3.69. The summed E-state index contributed by atoms with van der Waals surface area (Å²) in [6.07, 6.45) is 4.29. The molecule has 5 nitrogen and oxygen atoms in total. The van der Waals surface area contributed by atoms with Crippen LogP contribution in [0, 0.1) is 0 Å². The van der Waals surface area contributed by atoms with E-state index in [0.29, 0.717) is 6.54 Å². The van der Waals surface area contributed by atoms with Crippen molar-refractivity contribution >= 4 is 5.82 Å². The van der Waals surface area contributed by atoms with Crippen molar-refractivity contribution < 1.29 is 5.11 Å². The first-order valence-corrected chi connectivity index (χ1v) is 8.33. The number of nitrogens with zero attached hydrogens (tertiary/aromatic N) is 3. The van der Waals surface area contributed by atoms with Crippen molar-refractivity contribution in [2.24, 2.45) is 0 Å². The summed E-state index contributed by atoms with van der Waals surface area (Å²) in [7, 11) is 0. The summed E-state index contributed by atoms with van der Waals surface area (Å²) >= 11 is 0. The molecule has 2 N–H and O–H groups in total. The molecule has 0 unspecified atom stereocenters. The van der Waals surface area contributed by atoms with Crippen LogP contribution < -0.4 is 10.2 Å². The second-order valence-electron chi connectivity index (χ2n) is 6.44. The topological polar surface area (TPSA) is 61.3 Å². The van der Waals surface area contributed by atoms with Gasteiger partial charge in [0.1, 0.15) is 17.7 Å². The van der Waals surface area contributed by atoms with Crippen molar-refractivity contribution in [2.75, 3.05) is 31.1 Å². The summed E-state index contributed by atoms with van der Waals surface area (Å²) in [5.74, 6) is 1.01. The van der Waals surface area contributed by atoms with E-state index in [1.807, 2.05) is 30.3 Å². The lowest BCUT2D eigenvalue weighted by Crippen LogP contribution is -2.31. The quantitative estimate of drug-likeness (QED) is 0.874. The number of anilines is 1. The third-order valence-corrected chi connectivity index (χ3v) is 4.96. The molecule has 1 atom stereocenters. The van der Waals surface area contributed by atoms with Crippen LogP contribution in [0.2, 0.25) is 0 Å². The van der Waals surface area contributed by atoms with Gasteiger partial charge in [-0.2, -0.15) is 0 Å². The Bertz CT molecular complexity index is 691. The molecule has 5 heteroatoms. The maximum Gasteiger partial charge on any atom is 0.135 e. The third kappa shape index (κ3) is 2.71. The zero-order valence-electron chi connectivity index (χ0n) is 13.2. The van der Waals surface area contributed by atoms with Crippen LogP contribution >= 0.6 is 0 Å². The van der Waals surface area contributed by atoms with Gasteiger partial charge in [-0.25, -0.2) is 9.97 Å². The average Bonchev–Trinajstić information content (AvgIpc) is 2.84. The van der Waals surface area contributed by atoms with Crippen LogP contribution in [0.5, 0.6) is 0 Å². The second-order valence-corrected chi connectivity index (χ2v) is 6.44. The molecule has 0 saturated carbocycles. The van der Waals surface area contributed by atoms with Gasteiger partial charge in [0.2, 0.25) is 0 Å². The number of aliphatic hydroxyl groups is 1. The highest BCUT2D eigenvalue weighted by molar-refractivity contribution is 5.51. The van der Waals surface area contributed by atoms with E-state index in [9.17, 15) is 5.11 Å². The molecule has 0 radical (unpaired) electrons. The van der Waals surface area contributed by atoms with Crippen molar-refractivity contribution in [3.8, 4) is 0 Å². The lowest BCUT2D eigenvalue weighted by atomic mass is 9.93. The van der Waals surface area contributed by atoms with Crippen LogP contribution in [0.3, 0.4) is 0 Å². The molecular formula is C18H22N4O. The van der Waals surface area contributed by atoms with Crippen molar-refractivity contribution in [2.45, 2.75) is 24.9 Å². The fraction of sp³-hybridized carbons (Fsp3) is 0.444. The Hall–Kier alpha value is -1.98. The molecule has 2 aliphatic rings. The molecule has 0 aliphatic carbocycles. The standard InChI is InChI=1S/C18H22N4O/c23-18(14-4-2-1-3-5-14)8-11-22(12-18)17-15-6-9-19-10-7-16(15)20-13-21-17/h1-5,13,19,23H,6-12H2/t18-/m1/s1. The van der Waals surface area contributed by atoms with Gasteiger partial charge in [0.05, 0.1) is 12.2 Å². The number of hydrogen-bond acceptors (Lipinski definition) is 5. The molecule has 1 aromatic carbocycles. The van der Waals surface area contributed by atoms with Gasteiger partial charge in [0.25, 0.3) is 0 Å². The van der Waals surface area contributed by atoms with Gasteiger partial charge in [-0.05, 0) is 24.9 Å². The molecule has 1 fully saturated rings. The largest absolute Gasteiger partial charge is 0.383 e. The lowest BCUT2D eigenvalue weighted by molar-refractivity contribution is 0.0606. The summed E-state index contributed by atoms with van der Waals surface area (Å²) in [6.45, 7) is 3.34. The van der Waals surface area contributed by atoms with Crippen molar-refractivity contribution in [3.05, 3.63) is 53.5 Å². The Kier molecular flexibility index (Phi) is 3.75. The van der Waals surface area contributed by atoms with Gasteiger partial charge >= 0.3 is 0 Å². The van der Waals surface area contributed by atoms with Crippen molar-refractivity contribution in [1.82, 2.24) is 15.3 Å². The first-order chi connectivity index (χ1) is 11.3. The first-order valence-electron chi connectivity index (χ1n) is 8.33. The Labute approximate surface area is 136 Å². The molecule has 1 saturated heterocycles. The number of rotatable bonds is 2. The van der Waals surface area contributed by atoms with Gasteiger partial charge in [-0.1, -0.05) is 30.3 Å². The lowest BCUT2D eigenvalue weighted by Gasteiger charge is -2.25. The monoisotopic (exact) mass is 310 g/mol. The minimum Gasteiger partial charge on any atom is -0.383 e. The SMILES string of the molecule is O[C@]1(c2ccccc2)CCN(c2ncnc3c2CCNCC3)C1. The summed E-state index contributed by atoms with van der Waals surface area (Å²) in [5.41, 5.74) is 2.59. The number of β-amino-alcohol motifs (C(OH)–C–C–N with tert-alkyl or cyclic N) is 1. The molecule has 2 aromatic rings. The molecule has 3 heterocycles. The van der Waals surface area contributed by atoms with Gasteiger partial charge in [0.15, 0.2) is 0 Å². The highest BCUT2D eigenvalue weighted by Crippen LogP contribution is 2.35. The maximum absolute atomic E-state index is 11.1. The summed E-state index contributed by atoms with van der Waals surface area (Å²) in [4.78, 5) is 11.2. The molecule has 1 aromatic heterocycles. The smallest absolute Gasteiger partial charge is 0.135 e. The minimum atomic E-state index is -0.790. The summed E-state index contributed by atoms with van der Waals surface area (Å²) in [6, 6.07) is 9.97.